The van der Waals surface area contributed by atoms with Crippen LogP contribution in [0.5, 0.6) is 0 Å². The molecule has 1 aliphatic rings. The molecule has 0 bridgehead atoms. The van der Waals surface area contributed by atoms with Crippen LogP contribution in [0.25, 0.3) is 0 Å². The maximum absolute atomic E-state index is 10.8. The van der Waals surface area contributed by atoms with Gasteiger partial charge < -0.3 is 5.73 Å². The highest BCUT2D eigenvalue weighted by molar-refractivity contribution is 8.15. The van der Waals surface area contributed by atoms with Crippen molar-refractivity contribution in [2.45, 2.75) is 19.1 Å². The Morgan fingerprint density at radius 1 is 1.73 bits per heavy atom. The van der Waals surface area contributed by atoms with Crippen molar-refractivity contribution in [1.82, 2.24) is 0 Å². The van der Waals surface area contributed by atoms with Crippen LogP contribution in [-0.2, 0) is 4.79 Å². The lowest BCUT2D eigenvalue weighted by molar-refractivity contribution is -0.114. The zero-order chi connectivity index (χ0) is 8.59. The second-order valence-electron chi connectivity index (χ2n) is 2.51. The Morgan fingerprint density at radius 2 is 2.27 bits per heavy atom. The molecule has 0 spiro atoms. The van der Waals surface area contributed by atoms with Gasteiger partial charge in [0.05, 0.1) is 5.57 Å². The molecule has 0 saturated heterocycles. The van der Waals surface area contributed by atoms with Gasteiger partial charge in [-0.2, -0.15) is 0 Å². The summed E-state index contributed by atoms with van der Waals surface area (Å²) in [5.74, 6) is -0.482. The Morgan fingerprint density at radius 3 is 2.45 bits per heavy atom. The molecule has 1 atom stereocenters. The highest BCUT2D eigenvalue weighted by Crippen LogP contribution is 2.32. The second-order valence-corrected chi connectivity index (χ2v) is 3.86. The lowest BCUT2D eigenvalue weighted by atomic mass is 10.1. The second kappa shape index (κ2) is 2.70. The predicted molar refractivity (Wildman–Crippen MR) is 46.7 cm³/mol. The fraction of sp³-hybridized carbons (Fsp3) is 0.429. The van der Waals surface area contributed by atoms with Crippen LogP contribution in [0, 0.1) is 5.41 Å². The Hall–Kier alpha value is -0.770. The molecule has 0 radical (unpaired) electrons. The Kier molecular flexibility index (Phi) is 2.04. The molecule has 0 saturated carbocycles. The summed E-state index contributed by atoms with van der Waals surface area (Å²) < 4.78 is 0. The Bertz CT molecular complexity index is 257. The third kappa shape index (κ3) is 1.30. The molecule has 1 aliphatic heterocycles. The molecular formula is C7H10N2OS. The predicted octanol–water partition coefficient (Wildman–Crippen LogP) is 0.901. The van der Waals surface area contributed by atoms with Crippen LogP contribution in [0.2, 0.25) is 0 Å². The van der Waals surface area contributed by atoms with Gasteiger partial charge in [0.25, 0.3) is 5.91 Å². The van der Waals surface area contributed by atoms with Crippen molar-refractivity contribution in [3.63, 3.8) is 0 Å². The first kappa shape index (κ1) is 8.33. The van der Waals surface area contributed by atoms with Crippen molar-refractivity contribution in [2.75, 3.05) is 0 Å². The summed E-state index contributed by atoms with van der Waals surface area (Å²) in [4.78, 5) is 10.8. The van der Waals surface area contributed by atoms with E-state index in [-0.39, 0.29) is 5.25 Å². The van der Waals surface area contributed by atoms with Crippen molar-refractivity contribution in [1.29, 1.82) is 5.41 Å². The third-order valence-corrected chi connectivity index (χ3v) is 2.92. The van der Waals surface area contributed by atoms with E-state index in [2.05, 4.69) is 0 Å². The topological polar surface area (TPSA) is 66.9 Å². The molecule has 3 N–H and O–H groups in total. The zero-order valence-electron chi connectivity index (χ0n) is 6.47. The van der Waals surface area contributed by atoms with Crippen LogP contribution < -0.4 is 5.73 Å². The molecule has 3 nitrogen and oxygen atoms in total. The third-order valence-electron chi connectivity index (χ3n) is 1.77. The van der Waals surface area contributed by atoms with Crippen LogP contribution in [0.15, 0.2) is 11.1 Å². The normalized spacial score (nSPS) is 24.5. The summed E-state index contributed by atoms with van der Waals surface area (Å²) in [5, 5.41) is 7.94. The summed E-state index contributed by atoms with van der Waals surface area (Å²) in [6, 6.07) is 0. The minimum absolute atomic E-state index is 0.227. The molecule has 1 heterocycles. The first-order chi connectivity index (χ1) is 5.04. The monoisotopic (exact) mass is 170 g/mol. The highest BCUT2D eigenvalue weighted by Gasteiger charge is 2.27. The van der Waals surface area contributed by atoms with Crippen LogP contribution >= 0.6 is 11.8 Å². The SMILES string of the molecule is CC1=C(C(N)=O)C(=N)S[C@H]1C. The number of carbonyl (C=O) groups excluding carboxylic acids is 1. The van der Waals surface area contributed by atoms with E-state index >= 15 is 0 Å². The quantitative estimate of drug-likeness (QED) is 0.614. The number of hydrogen-bond donors (Lipinski definition) is 2. The number of primary amides is 1. The van der Waals surface area contributed by atoms with Gasteiger partial charge in [-0.15, -0.1) is 0 Å². The summed E-state index contributed by atoms with van der Waals surface area (Å²) in [5.41, 5.74) is 6.42. The smallest absolute Gasteiger partial charge is 0.251 e. The largest absolute Gasteiger partial charge is 0.366 e. The van der Waals surface area contributed by atoms with Crippen LogP contribution in [0.4, 0.5) is 0 Å². The van der Waals surface area contributed by atoms with E-state index in [1.165, 1.54) is 11.8 Å². The molecule has 4 heteroatoms. The van der Waals surface area contributed by atoms with Gasteiger partial charge in [0, 0.05) is 5.25 Å². The average Bonchev–Trinajstić information content (AvgIpc) is 2.07. The lowest BCUT2D eigenvalue weighted by Gasteiger charge is -1.98. The van der Waals surface area contributed by atoms with Crippen LogP contribution in [0.1, 0.15) is 13.8 Å². The van der Waals surface area contributed by atoms with E-state index in [0.29, 0.717) is 10.6 Å². The summed E-state index contributed by atoms with van der Waals surface area (Å²) in [7, 11) is 0. The molecule has 0 aromatic rings. The van der Waals surface area contributed by atoms with Gasteiger partial charge in [-0.05, 0) is 19.4 Å². The number of carbonyl (C=O) groups is 1. The van der Waals surface area contributed by atoms with Gasteiger partial charge in [0.2, 0.25) is 0 Å². The van der Waals surface area contributed by atoms with E-state index in [4.69, 9.17) is 11.1 Å². The average molecular weight is 170 g/mol. The van der Waals surface area contributed by atoms with Gasteiger partial charge in [0.15, 0.2) is 0 Å². The van der Waals surface area contributed by atoms with Gasteiger partial charge in [-0.1, -0.05) is 11.8 Å². The Labute approximate surface area is 69.5 Å². The fourth-order valence-corrected chi connectivity index (χ4v) is 2.04. The molecule has 1 rings (SSSR count). The standard InChI is InChI=1S/C7H10N2OS/c1-3-4(2)11-7(9)5(3)6(8)10/h4,9H,1-2H3,(H2,8,10)/t4-/m0/s1. The van der Waals surface area contributed by atoms with Gasteiger partial charge in [0.1, 0.15) is 5.04 Å². The molecule has 60 valence electrons. The number of thioether (sulfide) groups is 1. The first-order valence-electron chi connectivity index (χ1n) is 3.30. The van der Waals surface area contributed by atoms with Crippen LogP contribution in [-0.4, -0.2) is 16.2 Å². The van der Waals surface area contributed by atoms with Crippen molar-refractivity contribution in [3.05, 3.63) is 11.1 Å². The van der Waals surface area contributed by atoms with Gasteiger partial charge in [-0.25, -0.2) is 0 Å². The lowest BCUT2D eigenvalue weighted by Crippen LogP contribution is -2.17. The van der Waals surface area contributed by atoms with Crippen LogP contribution in [0.3, 0.4) is 0 Å². The summed E-state index contributed by atoms with van der Waals surface area (Å²) in [6.07, 6.45) is 0. The highest BCUT2D eigenvalue weighted by atomic mass is 32.2. The van der Waals surface area contributed by atoms with E-state index < -0.39 is 5.91 Å². The number of rotatable bonds is 1. The Balaban J connectivity index is 3.07. The van der Waals surface area contributed by atoms with Gasteiger partial charge in [-0.3, -0.25) is 10.2 Å². The van der Waals surface area contributed by atoms with E-state index in [9.17, 15) is 4.79 Å². The maximum Gasteiger partial charge on any atom is 0.251 e. The molecule has 1 amide bonds. The van der Waals surface area contributed by atoms with Gasteiger partial charge >= 0.3 is 0 Å². The van der Waals surface area contributed by atoms with Crippen molar-refractivity contribution >= 4 is 22.7 Å². The van der Waals surface area contributed by atoms with Crippen molar-refractivity contribution in [3.8, 4) is 0 Å². The molecule has 0 aromatic heterocycles. The molecule has 0 aliphatic carbocycles. The van der Waals surface area contributed by atoms with Crippen molar-refractivity contribution < 1.29 is 4.79 Å². The first-order valence-corrected chi connectivity index (χ1v) is 4.18. The van der Waals surface area contributed by atoms with Crippen molar-refractivity contribution in [2.24, 2.45) is 5.73 Å². The zero-order valence-corrected chi connectivity index (χ0v) is 7.29. The summed E-state index contributed by atoms with van der Waals surface area (Å²) in [6.45, 7) is 3.81. The number of nitrogens with two attached hydrogens (primary N) is 1. The molecule has 0 fully saturated rings. The minimum Gasteiger partial charge on any atom is -0.366 e. The van der Waals surface area contributed by atoms with E-state index in [1.54, 1.807) is 0 Å². The number of hydrogen-bond acceptors (Lipinski definition) is 3. The minimum atomic E-state index is -0.482. The number of nitrogens with one attached hydrogen (secondary N) is 1. The molecule has 0 unspecified atom stereocenters. The molecule has 11 heavy (non-hydrogen) atoms. The van der Waals surface area contributed by atoms with E-state index in [0.717, 1.165) is 5.57 Å². The maximum atomic E-state index is 10.8. The van der Waals surface area contributed by atoms with E-state index in [1.807, 2.05) is 13.8 Å². The fourth-order valence-electron chi connectivity index (χ4n) is 1.01. The summed E-state index contributed by atoms with van der Waals surface area (Å²) >= 11 is 1.37. The molecular weight excluding hydrogens is 160 g/mol. The molecule has 0 aromatic carbocycles. The number of amides is 1.